The van der Waals surface area contributed by atoms with E-state index in [0.717, 1.165) is 36.2 Å². The van der Waals surface area contributed by atoms with Gasteiger partial charge in [-0.15, -0.1) is 11.3 Å². The highest BCUT2D eigenvalue weighted by Crippen LogP contribution is 2.36. The number of carbonyl (C=O) groups excluding carboxylic acids is 2. The first-order valence-electron chi connectivity index (χ1n) is 9.97. The predicted octanol–water partition coefficient (Wildman–Crippen LogP) is 3.15. The summed E-state index contributed by atoms with van der Waals surface area (Å²) >= 11 is 1.38. The van der Waals surface area contributed by atoms with Gasteiger partial charge in [0.25, 0.3) is 5.91 Å². The van der Waals surface area contributed by atoms with E-state index in [0.29, 0.717) is 29.6 Å². The molecule has 0 aliphatic carbocycles. The van der Waals surface area contributed by atoms with Crippen LogP contribution in [0.25, 0.3) is 11.1 Å². The lowest BCUT2D eigenvalue weighted by molar-refractivity contribution is -0.900. The van der Waals surface area contributed by atoms with E-state index in [1.54, 1.807) is 6.92 Å². The number of aryl methyl sites for hydroxylation is 1. The second-order valence-corrected chi connectivity index (χ2v) is 8.50. The molecule has 6 heteroatoms. The number of piperidine rings is 1. The first kappa shape index (κ1) is 20.6. The highest BCUT2D eigenvalue weighted by Gasteiger charge is 2.25. The lowest BCUT2D eigenvalue weighted by Crippen LogP contribution is -3.14. The van der Waals surface area contributed by atoms with Crippen molar-refractivity contribution >= 4 is 28.2 Å². The van der Waals surface area contributed by atoms with Crippen molar-refractivity contribution in [1.82, 2.24) is 0 Å². The van der Waals surface area contributed by atoms with Gasteiger partial charge in [-0.3, -0.25) is 4.79 Å². The van der Waals surface area contributed by atoms with Crippen LogP contribution < -0.4 is 10.2 Å². The van der Waals surface area contributed by atoms with Crippen molar-refractivity contribution in [3.05, 3.63) is 40.8 Å². The van der Waals surface area contributed by atoms with Crippen LogP contribution in [0, 0.1) is 12.8 Å². The van der Waals surface area contributed by atoms with Crippen LogP contribution in [-0.4, -0.2) is 38.1 Å². The zero-order valence-electron chi connectivity index (χ0n) is 16.8. The fourth-order valence-electron chi connectivity index (χ4n) is 3.76. The van der Waals surface area contributed by atoms with Crippen LogP contribution >= 0.6 is 11.3 Å². The van der Waals surface area contributed by atoms with Crippen molar-refractivity contribution in [2.75, 3.05) is 31.6 Å². The monoisotopic (exact) mass is 401 g/mol. The molecule has 2 aromatic rings. The Morgan fingerprint density at radius 2 is 2.04 bits per heavy atom. The Bertz CT molecular complexity index is 829. The van der Waals surface area contributed by atoms with Gasteiger partial charge in [0, 0.05) is 16.9 Å². The van der Waals surface area contributed by atoms with Gasteiger partial charge in [0.15, 0.2) is 6.54 Å². The zero-order valence-corrected chi connectivity index (χ0v) is 17.7. The maximum absolute atomic E-state index is 12.6. The lowest BCUT2D eigenvalue weighted by Gasteiger charge is -2.27. The number of likely N-dealkylation sites (tertiary alicyclic amines) is 1. The van der Waals surface area contributed by atoms with Crippen LogP contribution in [0.2, 0.25) is 0 Å². The molecule has 28 heavy (non-hydrogen) atoms. The molecule has 0 radical (unpaired) electrons. The topological polar surface area (TPSA) is 59.8 Å². The summed E-state index contributed by atoms with van der Waals surface area (Å²) in [5, 5.41) is 5.46. The lowest BCUT2D eigenvalue weighted by atomic mass is 10.0. The van der Waals surface area contributed by atoms with Crippen molar-refractivity contribution in [1.29, 1.82) is 0 Å². The Kier molecular flexibility index (Phi) is 6.86. The number of nitrogens with one attached hydrogen (secondary N) is 2. The molecule has 1 aromatic heterocycles. The maximum Gasteiger partial charge on any atom is 0.341 e. The number of benzene rings is 1. The number of esters is 1. The standard InChI is InChI=1S/C22H28N2O3S/c1-4-27-22(26)20-18(17-9-7-15(2)8-10-17)14-28-21(20)23-19(25)13-24-11-5-6-16(3)12-24/h7-10,14,16H,4-6,11-13H2,1-3H3,(H,23,25)/p+1/t16-/m1/s1. The predicted molar refractivity (Wildman–Crippen MR) is 113 cm³/mol. The third-order valence-electron chi connectivity index (χ3n) is 5.16. The fraction of sp³-hybridized carbons (Fsp3) is 0.455. The van der Waals surface area contributed by atoms with Crippen molar-refractivity contribution < 1.29 is 19.2 Å². The molecule has 2 N–H and O–H groups in total. The van der Waals surface area contributed by atoms with Gasteiger partial charge in [-0.05, 0) is 32.3 Å². The molecule has 1 aliphatic rings. The molecule has 2 heterocycles. The number of ether oxygens (including phenoxy) is 1. The Morgan fingerprint density at radius 1 is 1.29 bits per heavy atom. The van der Waals surface area contributed by atoms with E-state index in [9.17, 15) is 9.59 Å². The molecular formula is C22H29N2O3S+. The first-order chi connectivity index (χ1) is 13.5. The number of rotatable bonds is 6. The molecule has 3 rings (SSSR count). The quantitative estimate of drug-likeness (QED) is 0.731. The minimum Gasteiger partial charge on any atom is -0.462 e. The molecule has 1 aliphatic heterocycles. The van der Waals surface area contributed by atoms with Crippen molar-refractivity contribution in [3.8, 4) is 11.1 Å². The summed E-state index contributed by atoms with van der Waals surface area (Å²) in [6.45, 7) is 8.84. The van der Waals surface area contributed by atoms with Gasteiger partial charge in [0.1, 0.15) is 10.6 Å². The SMILES string of the molecule is CCOC(=O)c1c(-c2ccc(C)cc2)csc1NC(=O)C[NH+]1CCC[C@@H](C)C1. The molecular weight excluding hydrogens is 372 g/mol. The molecule has 0 saturated carbocycles. The molecule has 2 atom stereocenters. The molecule has 150 valence electrons. The average Bonchev–Trinajstić information content (AvgIpc) is 3.06. The minimum atomic E-state index is -0.395. The normalized spacial score (nSPS) is 19.2. The highest BCUT2D eigenvalue weighted by molar-refractivity contribution is 7.15. The zero-order chi connectivity index (χ0) is 20.1. The second-order valence-electron chi connectivity index (χ2n) is 7.62. The van der Waals surface area contributed by atoms with Crippen LogP contribution in [-0.2, 0) is 9.53 Å². The largest absolute Gasteiger partial charge is 0.462 e. The summed E-state index contributed by atoms with van der Waals surface area (Å²) in [6.07, 6.45) is 2.40. The number of quaternary nitrogens is 1. The van der Waals surface area contributed by atoms with E-state index in [2.05, 4.69) is 12.2 Å². The van der Waals surface area contributed by atoms with E-state index < -0.39 is 5.97 Å². The van der Waals surface area contributed by atoms with Crippen molar-refractivity contribution in [2.24, 2.45) is 5.92 Å². The van der Waals surface area contributed by atoms with E-state index in [1.165, 1.54) is 22.7 Å². The van der Waals surface area contributed by atoms with Gasteiger partial charge in [-0.1, -0.05) is 36.8 Å². The van der Waals surface area contributed by atoms with Crippen LogP contribution in [0.4, 0.5) is 5.00 Å². The van der Waals surface area contributed by atoms with Crippen LogP contribution in [0.15, 0.2) is 29.6 Å². The number of anilines is 1. The minimum absolute atomic E-state index is 0.0491. The van der Waals surface area contributed by atoms with Crippen LogP contribution in [0.1, 0.15) is 42.6 Å². The Hall–Kier alpha value is -2.18. The Labute approximate surface area is 170 Å². The molecule has 1 fully saturated rings. The third kappa shape index (κ3) is 5.00. The van der Waals surface area contributed by atoms with Gasteiger partial charge in [0.05, 0.1) is 19.7 Å². The van der Waals surface area contributed by atoms with Gasteiger partial charge in [-0.2, -0.15) is 0 Å². The van der Waals surface area contributed by atoms with Gasteiger partial charge in [0.2, 0.25) is 0 Å². The van der Waals surface area contributed by atoms with E-state index in [-0.39, 0.29) is 5.91 Å². The van der Waals surface area contributed by atoms with Crippen LogP contribution in [0.3, 0.4) is 0 Å². The van der Waals surface area contributed by atoms with E-state index in [1.807, 2.05) is 36.6 Å². The summed E-state index contributed by atoms with van der Waals surface area (Å²) < 4.78 is 5.27. The number of amides is 1. The summed E-state index contributed by atoms with van der Waals surface area (Å²) in [5.74, 6) is 0.210. The van der Waals surface area contributed by atoms with Gasteiger partial charge >= 0.3 is 5.97 Å². The van der Waals surface area contributed by atoms with E-state index in [4.69, 9.17) is 4.74 Å². The third-order valence-corrected chi connectivity index (χ3v) is 6.06. The average molecular weight is 402 g/mol. The number of carbonyl (C=O) groups is 2. The molecule has 1 amide bonds. The summed E-state index contributed by atoms with van der Waals surface area (Å²) in [4.78, 5) is 26.6. The summed E-state index contributed by atoms with van der Waals surface area (Å²) in [5.41, 5.74) is 3.36. The Morgan fingerprint density at radius 3 is 2.71 bits per heavy atom. The second kappa shape index (κ2) is 9.34. The molecule has 0 spiro atoms. The molecule has 1 saturated heterocycles. The van der Waals surface area contributed by atoms with Crippen molar-refractivity contribution in [3.63, 3.8) is 0 Å². The van der Waals surface area contributed by atoms with Gasteiger partial charge in [-0.25, -0.2) is 4.79 Å². The fourth-order valence-corrected chi connectivity index (χ4v) is 4.73. The smallest absolute Gasteiger partial charge is 0.341 e. The Balaban J connectivity index is 1.80. The number of thiophene rings is 1. The van der Waals surface area contributed by atoms with Gasteiger partial charge < -0.3 is 15.0 Å². The summed E-state index contributed by atoms with van der Waals surface area (Å²) in [7, 11) is 0. The molecule has 1 aromatic carbocycles. The van der Waals surface area contributed by atoms with Crippen LogP contribution in [0.5, 0.6) is 0 Å². The first-order valence-corrected chi connectivity index (χ1v) is 10.8. The van der Waals surface area contributed by atoms with Crippen molar-refractivity contribution in [2.45, 2.75) is 33.6 Å². The maximum atomic E-state index is 12.6. The number of hydrogen-bond acceptors (Lipinski definition) is 4. The summed E-state index contributed by atoms with van der Waals surface area (Å²) in [6, 6.07) is 8.01. The molecule has 5 nitrogen and oxygen atoms in total. The molecule has 0 bridgehead atoms. The highest BCUT2D eigenvalue weighted by atomic mass is 32.1. The number of hydrogen-bond donors (Lipinski definition) is 2. The molecule has 1 unspecified atom stereocenters. The van der Waals surface area contributed by atoms with E-state index >= 15 is 0 Å².